The molecular weight excluding hydrogens is 342 g/mol. The number of amides is 1. The molecule has 4 rings (SSSR count). The van der Waals surface area contributed by atoms with Crippen molar-refractivity contribution < 1.29 is 4.79 Å². The Hall–Kier alpha value is -2.11. The van der Waals surface area contributed by atoms with Gasteiger partial charge in [0.1, 0.15) is 4.34 Å². The number of halogens is 1. The van der Waals surface area contributed by atoms with E-state index in [4.69, 9.17) is 11.6 Å². The van der Waals surface area contributed by atoms with Crippen LogP contribution in [0.2, 0.25) is 4.34 Å². The second-order valence-corrected chi connectivity index (χ2v) is 7.53. The van der Waals surface area contributed by atoms with E-state index in [1.807, 2.05) is 41.8 Å². The van der Waals surface area contributed by atoms with Crippen LogP contribution in [0.3, 0.4) is 0 Å². The molecule has 1 aliphatic rings. The Morgan fingerprint density at radius 1 is 1.29 bits per heavy atom. The molecule has 0 saturated heterocycles. The van der Waals surface area contributed by atoms with E-state index in [9.17, 15) is 4.79 Å². The molecule has 0 atom stereocenters. The molecule has 3 aromatic rings. The van der Waals surface area contributed by atoms with Gasteiger partial charge in [-0.15, -0.1) is 11.3 Å². The predicted molar refractivity (Wildman–Crippen MR) is 97.7 cm³/mol. The minimum Gasteiger partial charge on any atom is -0.309 e. The first-order valence-electron chi connectivity index (χ1n) is 7.86. The molecule has 2 aromatic heterocycles. The van der Waals surface area contributed by atoms with Crippen molar-refractivity contribution in [3.05, 3.63) is 57.4 Å². The van der Waals surface area contributed by atoms with Crippen molar-refractivity contribution in [1.82, 2.24) is 10.2 Å². The summed E-state index contributed by atoms with van der Waals surface area (Å²) in [6.07, 6.45) is 2.73. The van der Waals surface area contributed by atoms with Crippen molar-refractivity contribution in [1.29, 1.82) is 0 Å². The van der Waals surface area contributed by atoms with Crippen LogP contribution >= 0.6 is 22.9 Å². The Balaban J connectivity index is 1.39. The maximum Gasteiger partial charge on any atom is 0.229 e. The molecule has 0 aliphatic heterocycles. The van der Waals surface area contributed by atoms with E-state index >= 15 is 0 Å². The molecule has 0 bridgehead atoms. The fraction of sp³-hybridized carbons (Fsp3) is 0.222. The number of benzene rings is 1. The van der Waals surface area contributed by atoms with Crippen LogP contribution in [0.15, 0.2) is 41.8 Å². The third-order valence-corrected chi connectivity index (χ3v) is 5.30. The molecule has 122 valence electrons. The van der Waals surface area contributed by atoms with Crippen LogP contribution in [0.5, 0.6) is 0 Å². The quantitative estimate of drug-likeness (QED) is 0.685. The van der Waals surface area contributed by atoms with Gasteiger partial charge >= 0.3 is 0 Å². The van der Waals surface area contributed by atoms with Gasteiger partial charge in [0.25, 0.3) is 0 Å². The Kier molecular flexibility index (Phi) is 4.12. The Morgan fingerprint density at radius 2 is 2.08 bits per heavy atom. The van der Waals surface area contributed by atoms with Crippen molar-refractivity contribution in [2.24, 2.45) is 0 Å². The highest BCUT2D eigenvalue weighted by Gasteiger charge is 2.25. The topological polar surface area (TPSA) is 57.8 Å². The number of rotatable bonds is 5. The lowest BCUT2D eigenvalue weighted by atomic mass is 10.1. The van der Waals surface area contributed by atoms with E-state index < -0.39 is 0 Å². The van der Waals surface area contributed by atoms with Gasteiger partial charge in [-0.3, -0.25) is 9.89 Å². The van der Waals surface area contributed by atoms with Gasteiger partial charge in [-0.2, -0.15) is 5.10 Å². The number of carbonyl (C=O) groups is 1. The second-order valence-electron chi connectivity index (χ2n) is 6.01. The van der Waals surface area contributed by atoms with Crippen LogP contribution in [0.25, 0.3) is 11.1 Å². The highest BCUT2D eigenvalue weighted by atomic mass is 35.5. The summed E-state index contributed by atoms with van der Waals surface area (Å²) >= 11 is 7.68. The molecule has 4 nitrogen and oxygen atoms in total. The molecule has 2 N–H and O–H groups in total. The lowest BCUT2D eigenvalue weighted by Crippen LogP contribution is -2.14. The third-order valence-electron chi connectivity index (χ3n) is 4.13. The number of H-pyrrole nitrogens is 1. The van der Waals surface area contributed by atoms with Gasteiger partial charge in [-0.05, 0) is 35.4 Å². The molecule has 0 unspecified atom stereocenters. The van der Waals surface area contributed by atoms with Gasteiger partial charge in [0.05, 0.1) is 6.42 Å². The third kappa shape index (κ3) is 3.37. The summed E-state index contributed by atoms with van der Waals surface area (Å²) < 4.78 is 0.783. The standard InChI is InChI=1S/C18H16ClN3OS/c19-18-14(7-8-24-18)12-3-1-11(2-4-12)9-17(23)20-16-10-15(21-22-16)13-5-6-13/h1-4,7-8,10,13H,5-6,9H2,(H2,20,21,22,23). The summed E-state index contributed by atoms with van der Waals surface area (Å²) in [5.74, 6) is 1.13. The second kappa shape index (κ2) is 6.42. The molecule has 2 heterocycles. The van der Waals surface area contributed by atoms with Crippen LogP contribution in [-0.2, 0) is 11.2 Å². The first kappa shape index (κ1) is 15.4. The zero-order chi connectivity index (χ0) is 16.5. The fourth-order valence-corrected chi connectivity index (χ4v) is 3.64. The summed E-state index contributed by atoms with van der Waals surface area (Å²) in [7, 11) is 0. The Morgan fingerprint density at radius 3 is 2.75 bits per heavy atom. The summed E-state index contributed by atoms with van der Waals surface area (Å²) in [6.45, 7) is 0. The zero-order valence-electron chi connectivity index (χ0n) is 12.9. The lowest BCUT2D eigenvalue weighted by Gasteiger charge is -2.04. The van der Waals surface area contributed by atoms with Crippen LogP contribution in [0, 0.1) is 0 Å². The number of nitrogens with one attached hydrogen (secondary N) is 2. The van der Waals surface area contributed by atoms with E-state index in [0.29, 0.717) is 18.2 Å². The number of hydrogen-bond acceptors (Lipinski definition) is 3. The molecule has 1 aliphatic carbocycles. The largest absolute Gasteiger partial charge is 0.309 e. The van der Waals surface area contributed by atoms with Crippen LogP contribution in [-0.4, -0.2) is 16.1 Å². The number of nitrogens with zero attached hydrogens (tertiary/aromatic N) is 1. The predicted octanol–water partition coefficient (Wildman–Crippen LogP) is 4.85. The minimum atomic E-state index is -0.0647. The van der Waals surface area contributed by atoms with Crippen LogP contribution < -0.4 is 5.32 Å². The van der Waals surface area contributed by atoms with E-state index in [0.717, 1.165) is 26.7 Å². The van der Waals surface area contributed by atoms with Gasteiger partial charge in [-0.25, -0.2) is 0 Å². The zero-order valence-corrected chi connectivity index (χ0v) is 14.5. The molecule has 1 amide bonds. The summed E-state index contributed by atoms with van der Waals surface area (Å²) in [6, 6.07) is 11.8. The number of carbonyl (C=O) groups excluding carboxylic acids is 1. The van der Waals surface area contributed by atoms with E-state index in [-0.39, 0.29) is 5.91 Å². The Labute approximate surface area is 148 Å². The van der Waals surface area contributed by atoms with Gasteiger partial charge in [0, 0.05) is 23.2 Å². The van der Waals surface area contributed by atoms with Gasteiger partial charge in [-0.1, -0.05) is 35.9 Å². The smallest absolute Gasteiger partial charge is 0.229 e. The summed E-state index contributed by atoms with van der Waals surface area (Å²) in [5, 5.41) is 12.0. The summed E-state index contributed by atoms with van der Waals surface area (Å²) in [4.78, 5) is 12.2. The van der Waals surface area contributed by atoms with Crippen molar-refractivity contribution in [3.63, 3.8) is 0 Å². The first-order valence-corrected chi connectivity index (χ1v) is 9.12. The fourth-order valence-electron chi connectivity index (χ4n) is 2.68. The Bertz CT molecular complexity index is 865. The highest BCUT2D eigenvalue weighted by molar-refractivity contribution is 7.15. The SMILES string of the molecule is O=C(Cc1ccc(-c2ccsc2Cl)cc1)Nc1cc(C2CC2)[nH]n1. The molecule has 0 spiro atoms. The van der Waals surface area contributed by atoms with E-state index in [1.54, 1.807) is 0 Å². The number of thiophene rings is 1. The molecule has 1 saturated carbocycles. The minimum absolute atomic E-state index is 0.0647. The van der Waals surface area contributed by atoms with E-state index in [1.165, 1.54) is 24.2 Å². The normalized spacial score (nSPS) is 13.9. The van der Waals surface area contributed by atoms with E-state index in [2.05, 4.69) is 15.5 Å². The first-order chi connectivity index (χ1) is 11.7. The number of aromatic nitrogens is 2. The van der Waals surface area contributed by atoms with Crippen molar-refractivity contribution in [2.45, 2.75) is 25.2 Å². The van der Waals surface area contributed by atoms with Gasteiger partial charge < -0.3 is 5.32 Å². The van der Waals surface area contributed by atoms with Gasteiger partial charge in [0.15, 0.2) is 5.82 Å². The van der Waals surface area contributed by atoms with Gasteiger partial charge in [0.2, 0.25) is 5.91 Å². The molecule has 24 heavy (non-hydrogen) atoms. The molecule has 1 fully saturated rings. The maximum absolute atomic E-state index is 12.2. The molecular formula is C18H16ClN3OS. The monoisotopic (exact) mass is 357 g/mol. The summed E-state index contributed by atoms with van der Waals surface area (Å²) in [5.41, 5.74) is 4.16. The number of anilines is 1. The molecule has 6 heteroatoms. The van der Waals surface area contributed by atoms with Crippen LogP contribution in [0.1, 0.15) is 30.0 Å². The van der Waals surface area contributed by atoms with Crippen molar-refractivity contribution >= 4 is 34.7 Å². The van der Waals surface area contributed by atoms with Crippen molar-refractivity contribution in [2.75, 3.05) is 5.32 Å². The highest BCUT2D eigenvalue weighted by Crippen LogP contribution is 2.39. The van der Waals surface area contributed by atoms with Crippen molar-refractivity contribution in [3.8, 4) is 11.1 Å². The average Bonchev–Trinajstić information content (AvgIpc) is 3.18. The lowest BCUT2D eigenvalue weighted by molar-refractivity contribution is -0.115. The molecule has 1 aromatic carbocycles. The van der Waals surface area contributed by atoms with Crippen LogP contribution in [0.4, 0.5) is 5.82 Å². The molecule has 0 radical (unpaired) electrons. The number of hydrogen-bond donors (Lipinski definition) is 2. The maximum atomic E-state index is 12.2. The number of aromatic amines is 1. The average molecular weight is 358 g/mol.